The highest BCUT2D eigenvalue weighted by Gasteiger charge is 2.41. The van der Waals surface area contributed by atoms with Crippen molar-refractivity contribution in [3.63, 3.8) is 0 Å². The van der Waals surface area contributed by atoms with Gasteiger partial charge in [-0.15, -0.1) is 0 Å². The van der Waals surface area contributed by atoms with Gasteiger partial charge in [0.1, 0.15) is 13.2 Å². The molecule has 2 atom stereocenters. The summed E-state index contributed by atoms with van der Waals surface area (Å²) in [5, 5.41) is 0. The second kappa shape index (κ2) is 9.50. The van der Waals surface area contributed by atoms with Crippen molar-refractivity contribution in [2.75, 3.05) is 19.8 Å². The number of rotatable bonds is 8. The van der Waals surface area contributed by atoms with Crippen LogP contribution in [0.3, 0.4) is 0 Å². The minimum absolute atomic E-state index is 0.00550. The van der Waals surface area contributed by atoms with Crippen molar-refractivity contribution >= 4 is 12.1 Å². The third-order valence-corrected chi connectivity index (χ3v) is 2.16. The van der Waals surface area contributed by atoms with E-state index >= 15 is 0 Å². The fraction of sp³-hybridized carbons (Fsp3) is 0.846. The van der Waals surface area contributed by atoms with Gasteiger partial charge in [-0.3, -0.25) is 0 Å². The molecular formula is C13H21F3O6. The fourth-order valence-corrected chi connectivity index (χ4v) is 1.29. The Labute approximate surface area is 126 Å². The van der Waals surface area contributed by atoms with E-state index in [2.05, 4.69) is 9.47 Å². The molecule has 130 valence electrons. The first-order chi connectivity index (χ1) is 10.0. The van der Waals surface area contributed by atoms with E-state index in [9.17, 15) is 22.8 Å². The number of carbonyl (C=O) groups is 2. The van der Waals surface area contributed by atoms with Crippen molar-refractivity contribution in [3.8, 4) is 0 Å². The molecule has 0 saturated heterocycles. The molecule has 9 heteroatoms. The molecule has 0 bridgehead atoms. The van der Waals surface area contributed by atoms with Gasteiger partial charge in [0.15, 0.2) is 0 Å². The van der Waals surface area contributed by atoms with E-state index in [1.807, 2.05) is 13.8 Å². The van der Waals surface area contributed by atoms with Crippen molar-refractivity contribution in [1.82, 2.24) is 0 Å². The van der Waals surface area contributed by atoms with Crippen LogP contribution in [0.1, 0.15) is 27.7 Å². The van der Waals surface area contributed by atoms with Gasteiger partial charge in [0.05, 0.1) is 18.8 Å². The Morgan fingerprint density at radius 2 is 1.41 bits per heavy atom. The maximum atomic E-state index is 11.9. The number of halogens is 3. The summed E-state index contributed by atoms with van der Waals surface area (Å²) >= 11 is 0. The van der Waals surface area contributed by atoms with Crippen molar-refractivity contribution in [3.05, 3.63) is 0 Å². The Morgan fingerprint density at radius 1 is 0.909 bits per heavy atom. The molecular weight excluding hydrogens is 309 g/mol. The average molecular weight is 330 g/mol. The standard InChI is InChI=1S/C13H21F3O6/c1-8(2)22-10(4)7-21-12(18)20-6-9(3)5-19-11(17)13(14,15)16/h8-10H,5-7H2,1-4H3. The lowest BCUT2D eigenvalue weighted by Crippen LogP contribution is -2.28. The summed E-state index contributed by atoms with van der Waals surface area (Å²) in [7, 11) is 0. The zero-order chi connectivity index (χ0) is 17.3. The highest BCUT2D eigenvalue weighted by atomic mass is 19.4. The lowest BCUT2D eigenvalue weighted by molar-refractivity contribution is -0.201. The zero-order valence-corrected chi connectivity index (χ0v) is 12.9. The summed E-state index contributed by atoms with van der Waals surface area (Å²) in [4.78, 5) is 21.7. The topological polar surface area (TPSA) is 71.1 Å². The van der Waals surface area contributed by atoms with E-state index in [4.69, 9.17) is 9.47 Å². The SMILES string of the molecule is CC(COC(=O)OCC(C)OC(C)C)COC(=O)C(F)(F)F. The van der Waals surface area contributed by atoms with Crippen LogP contribution in [-0.2, 0) is 23.7 Å². The summed E-state index contributed by atoms with van der Waals surface area (Å²) in [6.45, 7) is 6.09. The molecule has 0 amide bonds. The quantitative estimate of drug-likeness (QED) is 0.637. The van der Waals surface area contributed by atoms with E-state index in [0.29, 0.717) is 0 Å². The van der Waals surface area contributed by atoms with Crippen molar-refractivity contribution < 1.29 is 41.7 Å². The minimum atomic E-state index is -5.04. The molecule has 0 heterocycles. The molecule has 22 heavy (non-hydrogen) atoms. The molecule has 0 radical (unpaired) electrons. The van der Waals surface area contributed by atoms with Gasteiger partial charge in [-0.2, -0.15) is 13.2 Å². The van der Waals surface area contributed by atoms with Crippen LogP contribution in [0.4, 0.5) is 18.0 Å². The number of hydrogen-bond donors (Lipinski definition) is 0. The minimum Gasteiger partial charge on any atom is -0.459 e. The zero-order valence-electron chi connectivity index (χ0n) is 12.9. The first kappa shape index (κ1) is 20.5. The normalized spacial score (nSPS) is 14.4. The summed E-state index contributed by atoms with van der Waals surface area (Å²) in [6, 6.07) is 0. The average Bonchev–Trinajstić information content (AvgIpc) is 2.38. The number of hydrogen-bond acceptors (Lipinski definition) is 6. The van der Waals surface area contributed by atoms with Crippen LogP contribution in [-0.4, -0.2) is 50.3 Å². The molecule has 0 aromatic heterocycles. The van der Waals surface area contributed by atoms with Gasteiger partial charge in [-0.25, -0.2) is 9.59 Å². The smallest absolute Gasteiger partial charge is 0.459 e. The molecule has 0 N–H and O–H groups in total. The first-order valence-corrected chi connectivity index (χ1v) is 6.71. The molecule has 0 fully saturated rings. The number of carbonyl (C=O) groups excluding carboxylic acids is 2. The molecule has 0 aromatic rings. The summed E-state index contributed by atoms with van der Waals surface area (Å²) in [5.41, 5.74) is 0. The Bertz CT molecular complexity index is 356. The van der Waals surface area contributed by atoms with Crippen LogP contribution >= 0.6 is 0 Å². The Hall–Kier alpha value is -1.51. The third kappa shape index (κ3) is 10.3. The molecule has 0 aromatic carbocycles. The lowest BCUT2D eigenvalue weighted by atomic mass is 10.2. The third-order valence-electron chi connectivity index (χ3n) is 2.16. The van der Waals surface area contributed by atoms with Crippen molar-refractivity contribution in [2.24, 2.45) is 5.92 Å². The molecule has 0 aliphatic heterocycles. The maximum Gasteiger partial charge on any atom is 0.508 e. The first-order valence-electron chi connectivity index (χ1n) is 6.71. The molecule has 0 rings (SSSR count). The van der Waals surface area contributed by atoms with Gasteiger partial charge in [0.25, 0.3) is 0 Å². The van der Waals surface area contributed by atoms with E-state index in [1.54, 1.807) is 6.92 Å². The number of ether oxygens (including phenoxy) is 4. The largest absolute Gasteiger partial charge is 0.508 e. The van der Waals surface area contributed by atoms with Gasteiger partial charge in [0, 0.05) is 5.92 Å². The lowest BCUT2D eigenvalue weighted by Gasteiger charge is -2.16. The second-order valence-electron chi connectivity index (χ2n) is 5.07. The number of alkyl halides is 3. The Balaban J connectivity index is 3.84. The van der Waals surface area contributed by atoms with Crippen LogP contribution in [0.2, 0.25) is 0 Å². The van der Waals surface area contributed by atoms with Gasteiger partial charge in [0.2, 0.25) is 0 Å². The van der Waals surface area contributed by atoms with Crippen LogP contribution < -0.4 is 0 Å². The summed E-state index contributed by atoms with van der Waals surface area (Å²) in [6.07, 6.45) is -6.32. The fourth-order valence-electron chi connectivity index (χ4n) is 1.29. The monoisotopic (exact) mass is 330 g/mol. The van der Waals surface area contributed by atoms with Crippen molar-refractivity contribution in [2.45, 2.75) is 46.1 Å². The Kier molecular flexibility index (Phi) is 8.84. The van der Waals surface area contributed by atoms with E-state index < -0.39 is 30.8 Å². The molecule has 0 spiro atoms. The second-order valence-corrected chi connectivity index (χ2v) is 5.07. The van der Waals surface area contributed by atoms with E-state index in [0.717, 1.165) is 0 Å². The predicted octanol–water partition coefficient (Wildman–Crippen LogP) is 2.69. The van der Waals surface area contributed by atoms with Gasteiger partial charge in [-0.05, 0) is 20.8 Å². The van der Waals surface area contributed by atoms with Crippen LogP contribution in [0.25, 0.3) is 0 Å². The van der Waals surface area contributed by atoms with Crippen molar-refractivity contribution in [1.29, 1.82) is 0 Å². The van der Waals surface area contributed by atoms with Gasteiger partial charge < -0.3 is 18.9 Å². The summed E-state index contributed by atoms with van der Waals surface area (Å²) < 4.78 is 54.5. The Morgan fingerprint density at radius 3 is 1.91 bits per heavy atom. The molecule has 2 unspecified atom stereocenters. The van der Waals surface area contributed by atoms with Crippen LogP contribution in [0.5, 0.6) is 0 Å². The van der Waals surface area contributed by atoms with Crippen LogP contribution in [0, 0.1) is 5.92 Å². The molecule has 0 aliphatic carbocycles. The molecule has 0 saturated carbocycles. The highest BCUT2D eigenvalue weighted by Crippen LogP contribution is 2.17. The highest BCUT2D eigenvalue weighted by molar-refractivity contribution is 5.75. The van der Waals surface area contributed by atoms with Crippen LogP contribution in [0.15, 0.2) is 0 Å². The van der Waals surface area contributed by atoms with Gasteiger partial charge >= 0.3 is 18.3 Å². The molecule has 6 nitrogen and oxygen atoms in total. The van der Waals surface area contributed by atoms with Gasteiger partial charge in [-0.1, -0.05) is 6.92 Å². The summed E-state index contributed by atoms with van der Waals surface area (Å²) in [5.74, 6) is -2.87. The maximum absolute atomic E-state index is 11.9. The number of esters is 1. The van der Waals surface area contributed by atoms with E-state index in [1.165, 1.54) is 6.92 Å². The predicted molar refractivity (Wildman–Crippen MR) is 69.2 cm³/mol. The molecule has 0 aliphatic rings. The van der Waals surface area contributed by atoms with E-state index in [-0.39, 0.29) is 25.4 Å².